The maximum Gasteiger partial charge on any atom is 0.236 e. The van der Waals surface area contributed by atoms with Gasteiger partial charge in [-0.05, 0) is 24.6 Å². The molecule has 3 rings (SSSR count). The van der Waals surface area contributed by atoms with Crippen LogP contribution in [0.25, 0.3) is 6.08 Å². The molecule has 23 heavy (non-hydrogen) atoms. The van der Waals surface area contributed by atoms with E-state index in [-0.39, 0.29) is 6.10 Å². The highest BCUT2D eigenvalue weighted by Gasteiger charge is 2.36. The van der Waals surface area contributed by atoms with Crippen LogP contribution in [0.5, 0.6) is 5.88 Å². The van der Waals surface area contributed by atoms with E-state index in [1.807, 2.05) is 49.4 Å². The number of sulfonamides is 1. The average molecular weight is 330 g/mol. The van der Waals surface area contributed by atoms with Crippen molar-refractivity contribution in [3.8, 4) is 5.88 Å². The summed E-state index contributed by atoms with van der Waals surface area (Å²) in [5.41, 5.74) is 1.73. The highest BCUT2D eigenvalue weighted by Crippen LogP contribution is 2.20. The van der Waals surface area contributed by atoms with Crippen molar-refractivity contribution in [2.24, 2.45) is 0 Å². The van der Waals surface area contributed by atoms with E-state index in [0.29, 0.717) is 19.0 Å². The molecule has 5 nitrogen and oxygen atoms in total. The molecule has 1 saturated heterocycles. The van der Waals surface area contributed by atoms with Gasteiger partial charge < -0.3 is 4.74 Å². The molecule has 1 aliphatic heterocycles. The van der Waals surface area contributed by atoms with Gasteiger partial charge in [0.15, 0.2) is 0 Å². The molecular weight excluding hydrogens is 312 g/mol. The monoisotopic (exact) mass is 330 g/mol. The van der Waals surface area contributed by atoms with Crippen molar-refractivity contribution in [3.63, 3.8) is 0 Å². The van der Waals surface area contributed by atoms with Crippen LogP contribution in [0.15, 0.2) is 53.9 Å². The molecular formula is C17H18N2O3S. The quantitative estimate of drug-likeness (QED) is 0.845. The molecule has 0 amide bonds. The van der Waals surface area contributed by atoms with Crippen LogP contribution < -0.4 is 4.74 Å². The molecule has 0 spiro atoms. The standard InChI is InChI=1S/C17H18N2O3S/c1-14-6-5-9-17(18-14)22-16-12-19(13-16)23(20,21)11-10-15-7-3-2-4-8-15/h2-11,16H,12-13H2,1H3/b11-10+. The van der Waals surface area contributed by atoms with E-state index >= 15 is 0 Å². The van der Waals surface area contributed by atoms with Crippen LogP contribution in [0.4, 0.5) is 0 Å². The van der Waals surface area contributed by atoms with Crippen LogP contribution in [0.1, 0.15) is 11.3 Å². The minimum Gasteiger partial charge on any atom is -0.472 e. The topological polar surface area (TPSA) is 59.5 Å². The van der Waals surface area contributed by atoms with Crippen molar-refractivity contribution in [3.05, 3.63) is 65.2 Å². The third-order valence-corrected chi connectivity index (χ3v) is 5.05. The molecule has 6 heteroatoms. The Morgan fingerprint density at radius 3 is 2.57 bits per heavy atom. The van der Waals surface area contributed by atoms with Crippen molar-refractivity contribution < 1.29 is 13.2 Å². The van der Waals surface area contributed by atoms with Gasteiger partial charge in [-0.2, -0.15) is 4.31 Å². The normalized spacial score (nSPS) is 16.4. The molecule has 0 saturated carbocycles. The van der Waals surface area contributed by atoms with Crippen LogP contribution in [-0.2, 0) is 10.0 Å². The highest BCUT2D eigenvalue weighted by molar-refractivity contribution is 7.92. The van der Waals surface area contributed by atoms with Crippen LogP contribution in [-0.4, -0.2) is 36.9 Å². The number of aromatic nitrogens is 1. The first kappa shape index (κ1) is 15.7. The Labute approximate surface area is 136 Å². The summed E-state index contributed by atoms with van der Waals surface area (Å²) < 4.78 is 31.5. The van der Waals surface area contributed by atoms with E-state index in [4.69, 9.17) is 4.74 Å². The molecule has 2 aromatic rings. The van der Waals surface area contributed by atoms with E-state index < -0.39 is 10.0 Å². The zero-order valence-corrected chi connectivity index (χ0v) is 13.6. The smallest absolute Gasteiger partial charge is 0.236 e. The third-order valence-electron chi connectivity index (χ3n) is 3.56. The molecule has 1 aliphatic rings. The van der Waals surface area contributed by atoms with Gasteiger partial charge in [-0.1, -0.05) is 36.4 Å². The second-order valence-corrected chi connectivity index (χ2v) is 7.25. The summed E-state index contributed by atoms with van der Waals surface area (Å²) in [6.45, 7) is 2.58. The Morgan fingerprint density at radius 1 is 1.13 bits per heavy atom. The molecule has 1 aromatic carbocycles. The number of hydrogen-bond donors (Lipinski definition) is 0. The van der Waals surface area contributed by atoms with Gasteiger partial charge in [0.05, 0.1) is 13.1 Å². The SMILES string of the molecule is Cc1cccc(OC2CN(S(=O)(=O)/C=C/c3ccccc3)C2)n1. The molecule has 0 radical (unpaired) electrons. The largest absolute Gasteiger partial charge is 0.472 e. The Morgan fingerprint density at radius 2 is 1.87 bits per heavy atom. The first-order valence-corrected chi connectivity index (χ1v) is 8.87. The Balaban J connectivity index is 1.57. The maximum atomic E-state index is 12.2. The Bertz CT molecular complexity index is 798. The second-order valence-electron chi connectivity index (χ2n) is 5.43. The minimum atomic E-state index is -3.40. The maximum absolute atomic E-state index is 12.2. The zero-order valence-electron chi connectivity index (χ0n) is 12.8. The lowest BCUT2D eigenvalue weighted by Gasteiger charge is -2.36. The zero-order chi connectivity index (χ0) is 16.3. The number of nitrogens with zero attached hydrogens (tertiary/aromatic N) is 2. The van der Waals surface area contributed by atoms with Crippen molar-refractivity contribution in [2.45, 2.75) is 13.0 Å². The summed E-state index contributed by atoms with van der Waals surface area (Å²) in [5, 5.41) is 1.24. The summed E-state index contributed by atoms with van der Waals surface area (Å²) >= 11 is 0. The van der Waals surface area contributed by atoms with Gasteiger partial charge in [0, 0.05) is 17.2 Å². The Kier molecular flexibility index (Phi) is 4.45. The van der Waals surface area contributed by atoms with Gasteiger partial charge in [0.25, 0.3) is 0 Å². The van der Waals surface area contributed by atoms with Gasteiger partial charge >= 0.3 is 0 Å². The lowest BCUT2D eigenvalue weighted by molar-refractivity contribution is 0.0728. The van der Waals surface area contributed by atoms with Gasteiger partial charge in [0.1, 0.15) is 6.10 Å². The number of rotatable bonds is 5. The van der Waals surface area contributed by atoms with E-state index in [1.165, 1.54) is 9.71 Å². The summed E-state index contributed by atoms with van der Waals surface area (Å²) in [5.74, 6) is 0.534. The number of ether oxygens (including phenoxy) is 1. The van der Waals surface area contributed by atoms with Crippen LogP contribution >= 0.6 is 0 Å². The van der Waals surface area contributed by atoms with E-state index in [9.17, 15) is 8.42 Å². The molecule has 0 N–H and O–H groups in total. The fourth-order valence-corrected chi connectivity index (χ4v) is 3.50. The second kappa shape index (κ2) is 6.52. The first-order chi connectivity index (χ1) is 11.0. The highest BCUT2D eigenvalue weighted by atomic mass is 32.2. The van der Waals surface area contributed by atoms with Crippen molar-refractivity contribution in [2.75, 3.05) is 13.1 Å². The van der Waals surface area contributed by atoms with Crippen molar-refractivity contribution in [1.82, 2.24) is 9.29 Å². The molecule has 0 atom stereocenters. The minimum absolute atomic E-state index is 0.149. The van der Waals surface area contributed by atoms with Crippen LogP contribution in [0, 0.1) is 6.92 Å². The van der Waals surface area contributed by atoms with Crippen LogP contribution in [0.3, 0.4) is 0 Å². The predicted molar refractivity (Wildman–Crippen MR) is 89.4 cm³/mol. The fourth-order valence-electron chi connectivity index (χ4n) is 2.25. The van der Waals surface area contributed by atoms with Gasteiger partial charge in [-0.25, -0.2) is 13.4 Å². The van der Waals surface area contributed by atoms with Gasteiger partial charge in [-0.3, -0.25) is 0 Å². The predicted octanol–water partition coefficient (Wildman–Crippen LogP) is 2.45. The van der Waals surface area contributed by atoms with Gasteiger partial charge in [-0.15, -0.1) is 0 Å². The lowest BCUT2D eigenvalue weighted by atomic mass is 10.2. The number of benzene rings is 1. The summed E-state index contributed by atoms with van der Waals surface area (Å²) in [4.78, 5) is 4.25. The fraction of sp³-hybridized carbons (Fsp3) is 0.235. The number of pyridine rings is 1. The summed E-state index contributed by atoms with van der Waals surface area (Å²) in [6, 6.07) is 14.9. The average Bonchev–Trinajstić information content (AvgIpc) is 2.49. The molecule has 120 valence electrons. The van der Waals surface area contributed by atoms with Crippen molar-refractivity contribution >= 4 is 16.1 Å². The van der Waals surface area contributed by atoms with Gasteiger partial charge in [0.2, 0.25) is 15.9 Å². The van der Waals surface area contributed by atoms with E-state index in [2.05, 4.69) is 4.98 Å². The number of hydrogen-bond acceptors (Lipinski definition) is 4. The van der Waals surface area contributed by atoms with Crippen molar-refractivity contribution in [1.29, 1.82) is 0 Å². The summed E-state index contributed by atoms with van der Waals surface area (Å²) in [6.07, 6.45) is 1.45. The van der Waals surface area contributed by atoms with Crippen LogP contribution in [0.2, 0.25) is 0 Å². The molecule has 2 heterocycles. The van der Waals surface area contributed by atoms with E-state index in [1.54, 1.807) is 12.1 Å². The molecule has 0 bridgehead atoms. The lowest BCUT2D eigenvalue weighted by Crippen LogP contribution is -2.55. The summed E-state index contributed by atoms with van der Waals surface area (Å²) in [7, 11) is -3.40. The Hall–Kier alpha value is -2.18. The molecule has 0 aliphatic carbocycles. The van der Waals surface area contributed by atoms with E-state index in [0.717, 1.165) is 11.3 Å². The number of aryl methyl sites for hydroxylation is 1. The first-order valence-electron chi connectivity index (χ1n) is 7.36. The molecule has 0 unspecified atom stereocenters. The molecule has 1 aromatic heterocycles. The third kappa shape index (κ3) is 3.97. The molecule has 1 fully saturated rings.